The van der Waals surface area contributed by atoms with Crippen LogP contribution in [0.3, 0.4) is 0 Å². The Balaban J connectivity index is 1.27. The molecule has 2 bridgehead atoms. The average Bonchev–Trinajstić information content (AvgIpc) is 3.46. The van der Waals surface area contributed by atoms with Gasteiger partial charge in [0, 0.05) is 12.5 Å². The number of fused-ring (bicyclic) bond motifs is 3. The molecule has 6 nitrogen and oxygen atoms in total. The van der Waals surface area contributed by atoms with E-state index in [1.165, 1.54) is 6.07 Å². The number of ether oxygens (including phenoxy) is 1. The number of amides is 1. The summed E-state index contributed by atoms with van der Waals surface area (Å²) >= 11 is 0. The first-order valence-electron chi connectivity index (χ1n) is 10.9. The van der Waals surface area contributed by atoms with Gasteiger partial charge in [0.1, 0.15) is 11.9 Å². The van der Waals surface area contributed by atoms with Gasteiger partial charge in [-0.1, -0.05) is 25.1 Å². The standard InChI is InChI=1S/C25H25FN4O2/c1-13-7-18-11-20(13)24(29-18)25(31)30-19(12-27)8-17-4-3-15(9-21(17)26)16-5-6-23-22(10-16)28-14(2)32-23/h3-6,9-10,13,18-20,24,28-29H,2,7-8,11H2,1H3,(H,30,31)/t13?,18?,19-,20?,24?/m0/s1. The minimum atomic E-state index is -0.786. The maximum atomic E-state index is 14.9. The average molecular weight is 432 g/mol. The Morgan fingerprint density at radius 1 is 1.31 bits per heavy atom. The number of hydrogen-bond donors (Lipinski definition) is 3. The molecule has 2 aliphatic heterocycles. The monoisotopic (exact) mass is 432 g/mol. The molecule has 0 spiro atoms. The summed E-state index contributed by atoms with van der Waals surface area (Å²) in [6, 6.07) is 11.9. The van der Waals surface area contributed by atoms with Gasteiger partial charge < -0.3 is 20.7 Å². The van der Waals surface area contributed by atoms with Gasteiger partial charge in [-0.05, 0) is 66.1 Å². The molecule has 0 radical (unpaired) electrons. The number of halogens is 1. The van der Waals surface area contributed by atoms with Crippen molar-refractivity contribution < 1.29 is 13.9 Å². The Kier molecular flexibility index (Phi) is 5.10. The fourth-order valence-electron chi connectivity index (χ4n) is 5.24. The number of nitriles is 1. The van der Waals surface area contributed by atoms with Crippen molar-refractivity contribution in [2.24, 2.45) is 11.8 Å². The number of rotatable bonds is 5. The van der Waals surface area contributed by atoms with E-state index in [0.29, 0.717) is 40.6 Å². The van der Waals surface area contributed by atoms with Crippen LogP contribution in [0.4, 0.5) is 10.1 Å². The molecule has 3 N–H and O–H groups in total. The van der Waals surface area contributed by atoms with E-state index in [2.05, 4.69) is 35.5 Å². The highest BCUT2D eigenvalue weighted by molar-refractivity contribution is 5.83. The fraction of sp³-hybridized carbons (Fsp3) is 0.360. The van der Waals surface area contributed by atoms with Crippen molar-refractivity contribution in [1.29, 1.82) is 5.26 Å². The summed E-state index contributed by atoms with van der Waals surface area (Å²) in [7, 11) is 0. The second-order valence-electron chi connectivity index (χ2n) is 9.02. The number of benzene rings is 2. The van der Waals surface area contributed by atoms with E-state index >= 15 is 0 Å². The summed E-state index contributed by atoms with van der Waals surface area (Å²) in [6.45, 7) is 5.91. The highest BCUT2D eigenvalue weighted by Gasteiger charge is 2.47. The van der Waals surface area contributed by atoms with Crippen LogP contribution < -0.4 is 20.7 Å². The van der Waals surface area contributed by atoms with E-state index in [1.54, 1.807) is 6.07 Å². The van der Waals surface area contributed by atoms with Crippen LogP contribution in [-0.4, -0.2) is 24.0 Å². The summed E-state index contributed by atoms with van der Waals surface area (Å²) in [6.07, 6.45) is 2.21. The zero-order valence-corrected chi connectivity index (χ0v) is 17.8. The third-order valence-corrected chi connectivity index (χ3v) is 6.84. The van der Waals surface area contributed by atoms with Crippen molar-refractivity contribution in [3.05, 3.63) is 60.2 Å². The third kappa shape index (κ3) is 3.71. The van der Waals surface area contributed by atoms with Crippen LogP contribution in [0.5, 0.6) is 5.75 Å². The highest BCUT2D eigenvalue weighted by atomic mass is 19.1. The van der Waals surface area contributed by atoms with Gasteiger partial charge in [0.15, 0.2) is 11.6 Å². The second-order valence-corrected chi connectivity index (χ2v) is 9.02. The van der Waals surface area contributed by atoms with E-state index < -0.39 is 11.9 Å². The summed E-state index contributed by atoms with van der Waals surface area (Å²) in [5, 5.41) is 18.8. The van der Waals surface area contributed by atoms with Crippen LogP contribution in [0.25, 0.3) is 11.1 Å². The number of nitrogens with zero attached hydrogens (tertiary/aromatic N) is 1. The SMILES string of the molecule is C=C1Nc2cc(-c3ccc(C[C@@H](C#N)NC(=O)C4NC5CC(C)C4C5)c(F)c3)ccc2O1. The molecular weight excluding hydrogens is 407 g/mol. The minimum Gasteiger partial charge on any atom is -0.440 e. The molecule has 2 fully saturated rings. The Labute approximate surface area is 186 Å². The van der Waals surface area contributed by atoms with E-state index in [-0.39, 0.29) is 18.4 Å². The minimum absolute atomic E-state index is 0.115. The molecule has 3 aliphatic rings. The molecule has 2 heterocycles. The zero-order chi connectivity index (χ0) is 22.4. The first-order valence-corrected chi connectivity index (χ1v) is 10.9. The van der Waals surface area contributed by atoms with Crippen molar-refractivity contribution >= 4 is 11.6 Å². The second kappa shape index (κ2) is 7.95. The first kappa shape index (κ1) is 20.5. The number of piperidine rings is 1. The van der Waals surface area contributed by atoms with Crippen LogP contribution in [0.2, 0.25) is 0 Å². The van der Waals surface area contributed by atoms with Crippen LogP contribution >= 0.6 is 0 Å². The van der Waals surface area contributed by atoms with E-state index in [4.69, 9.17) is 4.74 Å². The molecule has 4 unspecified atom stereocenters. The Morgan fingerprint density at radius 2 is 2.09 bits per heavy atom. The van der Waals surface area contributed by atoms with Gasteiger partial charge in [-0.15, -0.1) is 0 Å². The van der Waals surface area contributed by atoms with Gasteiger partial charge in [0.05, 0.1) is 17.8 Å². The van der Waals surface area contributed by atoms with Gasteiger partial charge in [0.2, 0.25) is 5.91 Å². The number of carbonyl (C=O) groups excluding carboxylic acids is 1. The molecule has 1 saturated carbocycles. The summed E-state index contributed by atoms with van der Waals surface area (Å²) in [5.41, 5.74) is 2.73. The van der Waals surface area contributed by atoms with Gasteiger partial charge >= 0.3 is 0 Å². The molecular formula is C25H25FN4O2. The summed E-state index contributed by atoms with van der Waals surface area (Å²) < 4.78 is 20.3. The van der Waals surface area contributed by atoms with E-state index in [0.717, 1.165) is 24.1 Å². The molecule has 1 aliphatic carbocycles. The third-order valence-electron chi connectivity index (χ3n) is 6.84. The van der Waals surface area contributed by atoms with E-state index in [1.807, 2.05) is 24.3 Å². The molecule has 0 aromatic heterocycles. The molecule has 32 heavy (non-hydrogen) atoms. The molecule has 164 valence electrons. The molecule has 2 aromatic carbocycles. The van der Waals surface area contributed by atoms with Crippen molar-refractivity contribution in [3.8, 4) is 22.9 Å². The highest BCUT2D eigenvalue weighted by Crippen LogP contribution is 2.40. The topological polar surface area (TPSA) is 86.2 Å². The quantitative estimate of drug-likeness (QED) is 0.671. The molecule has 1 amide bonds. The van der Waals surface area contributed by atoms with Crippen LogP contribution in [-0.2, 0) is 11.2 Å². The fourth-order valence-corrected chi connectivity index (χ4v) is 5.24. The summed E-state index contributed by atoms with van der Waals surface area (Å²) in [5.74, 6) is 1.38. The van der Waals surface area contributed by atoms with Crippen molar-refractivity contribution in [2.75, 3.05) is 5.32 Å². The van der Waals surface area contributed by atoms with Crippen molar-refractivity contribution in [2.45, 2.75) is 44.3 Å². The lowest BCUT2D eigenvalue weighted by Gasteiger charge is -2.28. The first-order chi connectivity index (χ1) is 15.4. The Hall–Kier alpha value is -3.37. The van der Waals surface area contributed by atoms with Crippen LogP contribution in [0.15, 0.2) is 48.9 Å². The lowest BCUT2D eigenvalue weighted by Crippen LogP contribution is -2.52. The van der Waals surface area contributed by atoms with Gasteiger partial charge in [-0.25, -0.2) is 4.39 Å². The van der Waals surface area contributed by atoms with Gasteiger partial charge in [-0.3, -0.25) is 4.79 Å². The summed E-state index contributed by atoms with van der Waals surface area (Å²) in [4.78, 5) is 12.7. The molecule has 5 rings (SSSR count). The van der Waals surface area contributed by atoms with Crippen LogP contribution in [0.1, 0.15) is 25.3 Å². The Morgan fingerprint density at radius 3 is 2.81 bits per heavy atom. The van der Waals surface area contributed by atoms with Crippen molar-refractivity contribution in [3.63, 3.8) is 0 Å². The number of nitrogens with one attached hydrogen (secondary N) is 3. The lowest BCUT2D eigenvalue weighted by molar-refractivity contribution is -0.124. The maximum Gasteiger partial charge on any atom is 0.238 e. The van der Waals surface area contributed by atoms with E-state index in [9.17, 15) is 14.4 Å². The van der Waals surface area contributed by atoms with Crippen LogP contribution in [0, 0.1) is 29.0 Å². The molecule has 5 atom stereocenters. The smallest absolute Gasteiger partial charge is 0.238 e. The largest absolute Gasteiger partial charge is 0.440 e. The Bertz CT molecular complexity index is 1140. The molecule has 2 aromatic rings. The molecule has 7 heteroatoms. The number of anilines is 1. The molecule has 1 saturated heterocycles. The normalized spacial score (nSPS) is 26.1. The number of hydrogen-bond acceptors (Lipinski definition) is 5. The lowest BCUT2D eigenvalue weighted by atomic mass is 9.89. The predicted molar refractivity (Wildman–Crippen MR) is 119 cm³/mol. The maximum absolute atomic E-state index is 14.9. The van der Waals surface area contributed by atoms with Crippen molar-refractivity contribution in [1.82, 2.24) is 10.6 Å². The predicted octanol–water partition coefficient (Wildman–Crippen LogP) is 3.71. The zero-order valence-electron chi connectivity index (χ0n) is 17.8. The van der Waals surface area contributed by atoms with Gasteiger partial charge in [0.25, 0.3) is 0 Å². The number of carbonyl (C=O) groups is 1. The van der Waals surface area contributed by atoms with Gasteiger partial charge in [-0.2, -0.15) is 5.26 Å².